The van der Waals surface area contributed by atoms with Gasteiger partial charge in [0, 0.05) is 16.3 Å². The van der Waals surface area contributed by atoms with Gasteiger partial charge in [-0.15, -0.1) is 0 Å². The van der Waals surface area contributed by atoms with Crippen LogP contribution in [0, 0.1) is 22.7 Å². The molecule has 0 atom stereocenters. The standard InChI is InChI=1S/C19H18ClN3OS/c1-3-4-9-23-17-10-18(19(20)16(12-22)15(17)11-21)25-14-7-5-13(24-2)6-8-14/h5-8,10,23H,3-4,9H2,1-2H3. The average molecular weight is 372 g/mol. The summed E-state index contributed by atoms with van der Waals surface area (Å²) in [4.78, 5) is 1.71. The topological polar surface area (TPSA) is 68.8 Å². The van der Waals surface area contributed by atoms with Crippen molar-refractivity contribution in [3.8, 4) is 17.9 Å². The molecule has 0 aliphatic carbocycles. The molecule has 6 heteroatoms. The maximum atomic E-state index is 9.45. The van der Waals surface area contributed by atoms with E-state index < -0.39 is 0 Å². The lowest BCUT2D eigenvalue weighted by Crippen LogP contribution is -2.05. The summed E-state index contributed by atoms with van der Waals surface area (Å²) in [5, 5.41) is 22.4. The molecule has 0 saturated heterocycles. The molecule has 0 aliphatic rings. The van der Waals surface area contributed by atoms with Gasteiger partial charge in [-0.3, -0.25) is 0 Å². The first kappa shape index (κ1) is 19.0. The van der Waals surface area contributed by atoms with E-state index in [1.807, 2.05) is 30.3 Å². The van der Waals surface area contributed by atoms with Gasteiger partial charge < -0.3 is 10.1 Å². The molecular weight excluding hydrogens is 354 g/mol. The monoisotopic (exact) mass is 371 g/mol. The molecule has 0 fully saturated rings. The number of halogens is 1. The van der Waals surface area contributed by atoms with E-state index in [0.29, 0.717) is 16.3 Å². The van der Waals surface area contributed by atoms with Crippen molar-refractivity contribution in [1.82, 2.24) is 0 Å². The van der Waals surface area contributed by atoms with Gasteiger partial charge in [0.2, 0.25) is 0 Å². The maximum Gasteiger partial charge on any atom is 0.118 e. The van der Waals surface area contributed by atoms with Crippen molar-refractivity contribution >= 4 is 29.1 Å². The summed E-state index contributed by atoms with van der Waals surface area (Å²) in [5.41, 5.74) is 1.15. The van der Waals surface area contributed by atoms with Crippen LogP contribution in [-0.4, -0.2) is 13.7 Å². The third-order valence-electron chi connectivity index (χ3n) is 3.59. The number of nitriles is 2. The highest BCUT2D eigenvalue weighted by Gasteiger charge is 2.17. The van der Waals surface area contributed by atoms with Gasteiger partial charge >= 0.3 is 0 Å². The van der Waals surface area contributed by atoms with Crippen molar-refractivity contribution in [2.24, 2.45) is 0 Å². The molecule has 0 radical (unpaired) electrons. The van der Waals surface area contributed by atoms with Gasteiger partial charge in [-0.25, -0.2) is 0 Å². The fraction of sp³-hybridized carbons (Fsp3) is 0.263. The highest BCUT2D eigenvalue weighted by molar-refractivity contribution is 7.99. The van der Waals surface area contributed by atoms with Crippen LogP contribution in [0.2, 0.25) is 5.02 Å². The number of rotatable bonds is 7. The van der Waals surface area contributed by atoms with Crippen molar-refractivity contribution in [3.63, 3.8) is 0 Å². The average Bonchev–Trinajstić information content (AvgIpc) is 2.64. The Kier molecular flexibility index (Phi) is 7.01. The summed E-state index contributed by atoms with van der Waals surface area (Å²) in [6, 6.07) is 13.6. The van der Waals surface area contributed by atoms with Gasteiger partial charge in [0.15, 0.2) is 0 Å². The normalized spacial score (nSPS) is 9.96. The first-order valence-electron chi connectivity index (χ1n) is 7.87. The molecule has 0 unspecified atom stereocenters. The first-order chi connectivity index (χ1) is 12.1. The summed E-state index contributed by atoms with van der Waals surface area (Å²) >= 11 is 7.84. The summed E-state index contributed by atoms with van der Waals surface area (Å²) in [6.45, 7) is 2.84. The van der Waals surface area contributed by atoms with Crippen LogP contribution in [0.1, 0.15) is 30.9 Å². The van der Waals surface area contributed by atoms with Gasteiger partial charge in [0.1, 0.15) is 17.9 Å². The van der Waals surface area contributed by atoms with E-state index in [4.69, 9.17) is 16.3 Å². The molecule has 2 aromatic rings. The highest BCUT2D eigenvalue weighted by Crippen LogP contribution is 2.39. The zero-order valence-corrected chi connectivity index (χ0v) is 15.7. The Bertz CT molecular complexity index is 823. The molecule has 4 nitrogen and oxygen atoms in total. The van der Waals surface area contributed by atoms with E-state index in [0.717, 1.165) is 34.9 Å². The Morgan fingerprint density at radius 2 is 1.84 bits per heavy atom. The lowest BCUT2D eigenvalue weighted by Gasteiger charge is -2.14. The number of hydrogen-bond donors (Lipinski definition) is 1. The second kappa shape index (κ2) is 9.22. The van der Waals surface area contributed by atoms with Gasteiger partial charge in [0.05, 0.1) is 28.9 Å². The molecule has 0 saturated carbocycles. The zero-order chi connectivity index (χ0) is 18.2. The fourth-order valence-corrected chi connectivity index (χ4v) is 3.44. The Morgan fingerprint density at radius 1 is 1.16 bits per heavy atom. The number of hydrogen-bond acceptors (Lipinski definition) is 5. The van der Waals surface area contributed by atoms with Crippen LogP contribution in [0.25, 0.3) is 0 Å². The van der Waals surface area contributed by atoms with E-state index in [2.05, 4.69) is 24.4 Å². The lowest BCUT2D eigenvalue weighted by molar-refractivity contribution is 0.414. The molecule has 25 heavy (non-hydrogen) atoms. The van der Waals surface area contributed by atoms with Crippen molar-refractivity contribution in [2.75, 3.05) is 19.0 Å². The number of benzene rings is 2. The number of nitrogens with zero attached hydrogens (tertiary/aromatic N) is 2. The number of unbranched alkanes of at least 4 members (excludes halogenated alkanes) is 1. The predicted molar refractivity (Wildman–Crippen MR) is 101 cm³/mol. The van der Waals surface area contributed by atoms with Crippen molar-refractivity contribution in [3.05, 3.63) is 46.5 Å². The molecule has 0 amide bonds. The summed E-state index contributed by atoms with van der Waals surface area (Å²) in [7, 11) is 1.62. The summed E-state index contributed by atoms with van der Waals surface area (Å²) in [5.74, 6) is 0.773. The van der Waals surface area contributed by atoms with Gasteiger partial charge in [-0.1, -0.05) is 36.7 Å². The molecule has 2 aromatic carbocycles. The Hall–Kier alpha value is -2.34. The molecule has 0 aliphatic heterocycles. The van der Waals surface area contributed by atoms with Crippen LogP contribution >= 0.6 is 23.4 Å². The van der Waals surface area contributed by atoms with Crippen molar-refractivity contribution < 1.29 is 4.74 Å². The largest absolute Gasteiger partial charge is 0.497 e. The highest BCUT2D eigenvalue weighted by atomic mass is 35.5. The molecule has 0 bridgehead atoms. The lowest BCUT2D eigenvalue weighted by atomic mass is 10.1. The molecule has 1 N–H and O–H groups in total. The van der Waals surface area contributed by atoms with Crippen LogP contribution in [0.5, 0.6) is 5.75 Å². The molecule has 2 rings (SSSR count). The summed E-state index contributed by atoms with van der Waals surface area (Å²) in [6.07, 6.45) is 2.03. The Morgan fingerprint density at radius 3 is 2.40 bits per heavy atom. The number of methoxy groups -OCH3 is 1. The molecule has 0 spiro atoms. The van der Waals surface area contributed by atoms with Gasteiger partial charge in [0.25, 0.3) is 0 Å². The second-order valence-corrected chi connectivity index (χ2v) is 6.76. The van der Waals surface area contributed by atoms with E-state index >= 15 is 0 Å². The van der Waals surface area contributed by atoms with Crippen LogP contribution in [0.15, 0.2) is 40.1 Å². The van der Waals surface area contributed by atoms with E-state index in [1.54, 1.807) is 7.11 Å². The van der Waals surface area contributed by atoms with Crippen molar-refractivity contribution in [2.45, 2.75) is 29.6 Å². The minimum absolute atomic E-state index is 0.210. The second-order valence-electron chi connectivity index (χ2n) is 5.27. The fourth-order valence-electron chi connectivity index (χ4n) is 2.24. The smallest absolute Gasteiger partial charge is 0.118 e. The van der Waals surface area contributed by atoms with Gasteiger partial charge in [-0.05, 0) is 36.8 Å². The SMILES string of the molecule is CCCCNc1cc(Sc2ccc(OC)cc2)c(Cl)c(C#N)c1C#N. The first-order valence-corrected chi connectivity index (χ1v) is 9.06. The molecular formula is C19H18ClN3OS. The van der Waals surface area contributed by atoms with Crippen LogP contribution in [0.3, 0.4) is 0 Å². The number of ether oxygens (including phenoxy) is 1. The molecule has 128 valence electrons. The predicted octanol–water partition coefficient (Wildman–Crippen LogP) is 5.46. The number of anilines is 1. The Labute approximate surface area is 157 Å². The zero-order valence-electron chi connectivity index (χ0n) is 14.1. The summed E-state index contributed by atoms with van der Waals surface area (Å²) < 4.78 is 5.16. The van der Waals surface area contributed by atoms with Crippen LogP contribution < -0.4 is 10.1 Å². The minimum Gasteiger partial charge on any atom is -0.497 e. The quantitative estimate of drug-likeness (QED) is 0.655. The van der Waals surface area contributed by atoms with E-state index in [1.165, 1.54) is 11.8 Å². The maximum absolute atomic E-state index is 9.45. The Balaban J connectivity index is 2.40. The van der Waals surface area contributed by atoms with Gasteiger partial charge in [-0.2, -0.15) is 10.5 Å². The molecule has 0 aromatic heterocycles. The third kappa shape index (κ3) is 4.60. The number of nitrogens with one attached hydrogen (secondary N) is 1. The minimum atomic E-state index is 0.210. The third-order valence-corrected chi connectivity index (χ3v) is 5.14. The van der Waals surface area contributed by atoms with E-state index in [9.17, 15) is 10.5 Å². The van der Waals surface area contributed by atoms with Crippen LogP contribution in [0.4, 0.5) is 5.69 Å². The van der Waals surface area contributed by atoms with Crippen molar-refractivity contribution in [1.29, 1.82) is 10.5 Å². The van der Waals surface area contributed by atoms with E-state index in [-0.39, 0.29) is 5.56 Å². The van der Waals surface area contributed by atoms with Crippen LogP contribution in [-0.2, 0) is 0 Å². The molecule has 0 heterocycles.